The van der Waals surface area contributed by atoms with E-state index in [1.807, 2.05) is 0 Å². The quantitative estimate of drug-likeness (QED) is 0.779. The Morgan fingerprint density at radius 3 is 2.70 bits per heavy atom. The van der Waals surface area contributed by atoms with Crippen LogP contribution in [0.25, 0.3) is 11.0 Å². The Hall–Kier alpha value is -2.03. The number of aromatic nitrogens is 4. The van der Waals surface area contributed by atoms with Crippen molar-refractivity contribution in [1.29, 1.82) is 0 Å². The van der Waals surface area contributed by atoms with E-state index in [9.17, 15) is 13.2 Å². The number of hydrogen-bond donors (Lipinski definition) is 1. The zero-order valence-corrected chi connectivity index (χ0v) is 13.6. The Kier molecular flexibility index (Phi) is 2.99. The van der Waals surface area contributed by atoms with Crippen LogP contribution in [0.4, 0.5) is 4.79 Å². The van der Waals surface area contributed by atoms with Crippen molar-refractivity contribution in [1.82, 2.24) is 25.1 Å². The molecule has 122 valence electrons. The van der Waals surface area contributed by atoms with Gasteiger partial charge < -0.3 is 5.32 Å². The highest BCUT2D eigenvalue weighted by Crippen LogP contribution is 2.42. The van der Waals surface area contributed by atoms with Gasteiger partial charge in [-0.25, -0.2) is 23.2 Å². The molecule has 1 spiro atoms. The smallest absolute Gasteiger partial charge is 0.335 e. The van der Waals surface area contributed by atoms with Gasteiger partial charge in [-0.1, -0.05) is 19.3 Å². The second kappa shape index (κ2) is 4.73. The summed E-state index contributed by atoms with van der Waals surface area (Å²) < 4.78 is 24.9. The van der Waals surface area contributed by atoms with Gasteiger partial charge in [0.1, 0.15) is 11.0 Å². The Balaban J connectivity index is 2.02. The minimum atomic E-state index is -3.51. The van der Waals surface area contributed by atoms with Crippen LogP contribution in [0.5, 0.6) is 0 Å². The Morgan fingerprint density at radius 2 is 2.00 bits per heavy atom. The molecule has 3 heterocycles. The van der Waals surface area contributed by atoms with Crippen LogP contribution in [0.3, 0.4) is 0 Å². The van der Waals surface area contributed by atoms with E-state index in [2.05, 4.69) is 20.4 Å². The van der Waals surface area contributed by atoms with Gasteiger partial charge in [-0.05, 0) is 12.8 Å². The second-order valence-corrected chi connectivity index (χ2v) is 8.33. The summed E-state index contributed by atoms with van der Waals surface area (Å²) in [6.45, 7) is 0.546. The molecule has 1 aliphatic carbocycles. The van der Waals surface area contributed by atoms with Gasteiger partial charge >= 0.3 is 6.03 Å². The van der Waals surface area contributed by atoms with Gasteiger partial charge in [0.25, 0.3) is 0 Å². The number of carbonyl (C=O) groups is 1. The lowest BCUT2D eigenvalue weighted by atomic mass is 9.70. The van der Waals surface area contributed by atoms with Gasteiger partial charge in [-0.15, -0.1) is 0 Å². The molecule has 0 aromatic carbocycles. The molecule has 4 rings (SSSR count). The predicted molar refractivity (Wildman–Crippen MR) is 82.0 cm³/mol. The third-order valence-electron chi connectivity index (χ3n) is 4.81. The number of nitrogens with one attached hydrogen (secondary N) is 1. The van der Waals surface area contributed by atoms with Gasteiger partial charge in [0.15, 0.2) is 0 Å². The van der Waals surface area contributed by atoms with Crippen LogP contribution in [0.15, 0.2) is 11.4 Å². The topological polar surface area (TPSA) is 107 Å². The van der Waals surface area contributed by atoms with Crippen LogP contribution in [-0.4, -0.2) is 47.0 Å². The van der Waals surface area contributed by atoms with Gasteiger partial charge in [0, 0.05) is 18.2 Å². The standard InChI is InChI=1S/C14H17N5O3S/c1-23(21,22)12-15-7-9-10(17-12)11-14(5-3-2-4-6-14)8-16-13(20)19(11)18-9/h7H,2-6,8H2,1H3,(H,16,20). The molecule has 0 atom stereocenters. The first kappa shape index (κ1) is 14.6. The Morgan fingerprint density at radius 1 is 1.26 bits per heavy atom. The Labute approximate surface area is 133 Å². The van der Waals surface area contributed by atoms with Crippen LogP contribution in [0, 0.1) is 0 Å². The molecule has 1 N–H and O–H groups in total. The van der Waals surface area contributed by atoms with Crippen molar-refractivity contribution in [2.45, 2.75) is 42.7 Å². The van der Waals surface area contributed by atoms with Gasteiger partial charge in [-0.3, -0.25) is 0 Å². The number of amides is 1. The van der Waals surface area contributed by atoms with Crippen molar-refractivity contribution >= 4 is 26.9 Å². The fourth-order valence-electron chi connectivity index (χ4n) is 3.71. The molecule has 0 bridgehead atoms. The highest BCUT2D eigenvalue weighted by Gasteiger charge is 2.43. The minimum Gasteiger partial charge on any atom is -0.335 e. The second-order valence-electron chi connectivity index (χ2n) is 6.42. The van der Waals surface area contributed by atoms with Crippen LogP contribution in [0.1, 0.15) is 37.8 Å². The largest absolute Gasteiger partial charge is 0.342 e. The molecule has 1 saturated carbocycles. The fourth-order valence-corrected chi connectivity index (χ4v) is 4.21. The lowest BCUT2D eigenvalue weighted by Gasteiger charge is -2.40. The van der Waals surface area contributed by atoms with Crippen molar-refractivity contribution in [3.63, 3.8) is 0 Å². The SMILES string of the molecule is CS(=O)(=O)c1ncc2nn3c(c2n1)C1(CCCCC1)CNC3=O. The van der Waals surface area contributed by atoms with Crippen molar-refractivity contribution in [2.24, 2.45) is 0 Å². The third-order valence-corrected chi connectivity index (χ3v) is 5.67. The maximum atomic E-state index is 12.2. The molecule has 9 heteroatoms. The molecular weight excluding hydrogens is 318 g/mol. The molecule has 1 aliphatic heterocycles. The molecule has 1 fully saturated rings. The maximum Gasteiger partial charge on any atom is 0.342 e. The zero-order valence-electron chi connectivity index (χ0n) is 12.7. The van der Waals surface area contributed by atoms with E-state index in [1.54, 1.807) is 0 Å². The summed E-state index contributed by atoms with van der Waals surface area (Å²) in [4.78, 5) is 20.3. The van der Waals surface area contributed by atoms with E-state index in [0.29, 0.717) is 17.6 Å². The number of fused-ring (bicyclic) bond motifs is 4. The number of sulfone groups is 1. The molecule has 0 saturated heterocycles. The van der Waals surface area contributed by atoms with Crippen LogP contribution in [0.2, 0.25) is 0 Å². The Bertz CT molecular complexity index is 912. The minimum absolute atomic E-state index is 0.218. The van der Waals surface area contributed by atoms with Gasteiger partial charge in [0.2, 0.25) is 15.0 Å². The predicted octanol–water partition coefficient (Wildman–Crippen LogP) is 1.00. The van der Waals surface area contributed by atoms with E-state index in [4.69, 9.17) is 0 Å². The highest BCUT2D eigenvalue weighted by molar-refractivity contribution is 7.90. The first-order chi connectivity index (χ1) is 10.9. The van der Waals surface area contributed by atoms with Crippen molar-refractivity contribution < 1.29 is 13.2 Å². The number of rotatable bonds is 1. The molecule has 8 nitrogen and oxygen atoms in total. The van der Waals surface area contributed by atoms with E-state index < -0.39 is 9.84 Å². The fraction of sp³-hybridized carbons (Fsp3) is 0.571. The van der Waals surface area contributed by atoms with Crippen LogP contribution < -0.4 is 5.32 Å². The van der Waals surface area contributed by atoms with Gasteiger partial charge in [-0.2, -0.15) is 9.78 Å². The summed E-state index contributed by atoms with van der Waals surface area (Å²) >= 11 is 0. The van der Waals surface area contributed by atoms with E-state index in [1.165, 1.54) is 17.3 Å². The first-order valence-electron chi connectivity index (χ1n) is 7.65. The molecule has 2 aromatic rings. The van der Waals surface area contributed by atoms with E-state index >= 15 is 0 Å². The first-order valence-corrected chi connectivity index (χ1v) is 9.54. The van der Waals surface area contributed by atoms with Crippen LogP contribution >= 0.6 is 0 Å². The van der Waals surface area contributed by atoms with E-state index in [-0.39, 0.29) is 16.6 Å². The lowest BCUT2D eigenvalue weighted by Crippen LogP contribution is -2.51. The molecular formula is C14H17N5O3S. The van der Waals surface area contributed by atoms with Gasteiger partial charge in [0.05, 0.1) is 11.9 Å². The number of carbonyl (C=O) groups excluding carboxylic acids is 1. The summed E-state index contributed by atoms with van der Waals surface area (Å²) in [7, 11) is -3.51. The lowest BCUT2D eigenvalue weighted by molar-refractivity contribution is 0.207. The molecule has 0 unspecified atom stereocenters. The molecule has 1 amide bonds. The summed E-state index contributed by atoms with van der Waals surface area (Å²) in [5, 5.41) is 6.97. The van der Waals surface area contributed by atoms with Crippen molar-refractivity contribution in [2.75, 3.05) is 12.8 Å². The molecule has 0 radical (unpaired) electrons. The molecule has 2 aliphatic rings. The number of hydrogen-bond acceptors (Lipinski definition) is 6. The third kappa shape index (κ3) is 2.13. The summed E-state index contributed by atoms with van der Waals surface area (Å²) in [5.41, 5.74) is 1.46. The highest BCUT2D eigenvalue weighted by atomic mass is 32.2. The van der Waals surface area contributed by atoms with Crippen LogP contribution in [-0.2, 0) is 15.3 Å². The summed E-state index contributed by atoms with van der Waals surface area (Å²) in [6.07, 6.45) is 7.66. The average Bonchev–Trinajstić information content (AvgIpc) is 2.92. The molecule has 2 aromatic heterocycles. The summed E-state index contributed by atoms with van der Waals surface area (Å²) in [6, 6.07) is -0.296. The molecule has 23 heavy (non-hydrogen) atoms. The maximum absolute atomic E-state index is 12.2. The van der Waals surface area contributed by atoms with E-state index in [0.717, 1.165) is 37.6 Å². The van der Waals surface area contributed by atoms with Crippen molar-refractivity contribution in [3.05, 3.63) is 11.9 Å². The summed E-state index contributed by atoms with van der Waals surface area (Å²) in [5.74, 6) is 0. The number of nitrogens with zero attached hydrogens (tertiary/aromatic N) is 4. The monoisotopic (exact) mass is 335 g/mol. The zero-order chi connectivity index (χ0) is 16.2. The normalized spacial score (nSPS) is 20.5. The average molecular weight is 335 g/mol. The van der Waals surface area contributed by atoms with Crippen molar-refractivity contribution in [3.8, 4) is 0 Å².